The van der Waals surface area contributed by atoms with E-state index in [9.17, 15) is 13.5 Å². The number of hydrogen-bond acceptors (Lipinski definition) is 5. The normalized spacial score (nSPS) is 24.9. The highest BCUT2D eigenvalue weighted by molar-refractivity contribution is 7.91. The van der Waals surface area contributed by atoms with Crippen LogP contribution in [0.25, 0.3) is 0 Å². The lowest BCUT2D eigenvalue weighted by Gasteiger charge is -2.19. The third-order valence-corrected chi connectivity index (χ3v) is 4.82. The van der Waals surface area contributed by atoms with Crippen LogP contribution in [0.4, 0.5) is 0 Å². The second-order valence-electron chi connectivity index (χ2n) is 4.85. The van der Waals surface area contributed by atoms with Gasteiger partial charge in [0.2, 0.25) is 0 Å². The first-order valence-corrected chi connectivity index (χ1v) is 7.71. The number of nitrogens with zero attached hydrogens (tertiary/aromatic N) is 1. The third kappa shape index (κ3) is 2.88. The lowest BCUT2D eigenvalue weighted by Crippen LogP contribution is -2.30. The van der Waals surface area contributed by atoms with E-state index in [1.165, 1.54) is 0 Å². The van der Waals surface area contributed by atoms with Crippen molar-refractivity contribution in [3.8, 4) is 11.8 Å². The number of sulfone groups is 1. The molecule has 2 atom stereocenters. The molecule has 102 valence electrons. The van der Waals surface area contributed by atoms with Crippen molar-refractivity contribution in [1.82, 2.24) is 0 Å². The molecule has 1 aromatic carbocycles. The number of aliphatic hydroxyl groups is 1. The summed E-state index contributed by atoms with van der Waals surface area (Å²) in [5.74, 6) is 0.110. The Labute approximate surface area is 112 Å². The second kappa shape index (κ2) is 4.83. The van der Waals surface area contributed by atoms with Crippen molar-refractivity contribution >= 4 is 9.84 Å². The summed E-state index contributed by atoms with van der Waals surface area (Å²) < 4.78 is 28.5. The van der Waals surface area contributed by atoms with Crippen LogP contribution >= 0.6 is 0 Å². The third-order valence-electron chi connectivity index (χ3n) is 3.13. The quantitative estimate of drug-likeness (QED) is 0.862. The van der Waals surface area contributed by atoms with E-state index in [-0.39, 0.29) is 11.5 Å². The molecule has 0 radical (unpaired) electrons. The van der Waals surface area contributed by atoms with Gasteiger partial charge in [-0.15, -0.1) is 0 Å². The van der Waals surface area contributed by atoms with Gasteiger partial charge in [-0.1, -0.05) is 0 Å². The van der Waals surface area contributed by atoms with Gasteiger partial charge < -0.3 is 9.84 Å². The number of rotatable bonds is 2. The van der Waals surface area contributed by atoms with Crippen molar-refractivity contribution in [2.24, 2.45) is 0 Å². The molecule has 2 rings (SSSR count). The van der Waals surface area contributed by atoms with Crippen LogP contribution in [0.15, 0.2) is 12.1 Å². The highest BCUT2D eigenvalue weighted by atomic mass is 32.2. The zero-order valence-corrected chi connectivity index (χ0v) is 11.6. The van der Waals surface area contributed by atoms with E-state index in [1.54, 1.807) is 26.0 Å². The molecule has 19 heavy (non-hydrogen) atoms. The molecule has 2 unspecified atom stereocenters. The van der Waals surface area contributed by atoms with Gasteiger partial charge in [-0.25, -0.2) is 8.42 Å². The fourth-order valence-corrected chi connectivity index (χ4v) is 3.92. The molecule has 1 N–H and O–H groups in total. The number of benzene rings is 1. The van der Waals surface area contributed by atoms with E-state index in [0.717, 1.165) is 11.1 Å². The molecule has 1 aromatic rings. The van der Waals surface area contributed by atoms with Crippen LogP contribution < -0.4 is 4.74 Å². The minimum Gasteiger partial charge on any atom is -0.486 e. The van der Waals surface area contributed by atoms with E-state index >= 15 is 0 Å². The van der Waals surface area contributed by atoms with Crippen LogP contribution in [0.3, 0.4) is 0 Å². The Balaban J connectivity index is 2.28. The highest BCUT2D eigenvalue weighted by Crippen LogP contribution is 2.28. The van der Waals surface area contributed by atoms with Crippen LogP contribution in [0.2, 0.25) is 0 Å². The average molecular weight is 281 g/mol. The first-order chi connectivity index (χ1) is 8.82. The summed E-state index contributed by atoms with van der Waals surface area (Å²) in [5.41, 5.74) is 2.04. The summed E-state index contributed by atoms with van der Waals surface area (Å²) in [6.07, 6.45) is -1.74. The van der Waals surface area contributed by atoms with Gasteiger partial charge in [0.25, 0.3) is 0 Å². The lowest BCUT2D eigenvalue weighted by molar-refractivity contribution is 0.0729. The minimum absolute atomic E-state index is 0.174. The van der Waals surface area contributed by atoms with Crippen molar-refractivity contribution in [3.05, 3.63) is 28.8 Å². The second-order valence-corrected chi connectivity index (χ2v) is 7.01. The van der Waals surface area contributed by atoms with Crippen LogP contribution in [0.1, 0.15) is 16.7 Å². The summed E-state index contributed by atoms with van der Waals surface area (Å²) in [4.78, 5) is 0. The molecule has 0 aromatic heterocycles. The highest BCUT2D eigenvalue weighted by Gasteiger charge is 2.38. The monoisotopic (exact) mass is 281 g/mol. The Morgan fingerprint density at radius 3 is 2.32 bits per heavy atom. The number of nitriles is 1. The predicted octanol–water partition coefficient (Wildman–Crippen LogP) is 0.712. The molecule has 1 aliphatic heterocycles. The standard InChI is InChI=1S/C13H15NO4S/c1-8-3-10(5-14)4-9(2)13(8)18-12-7-19(16,17)6-11(12)15/h3-4,11-12,15H,6-7H2,1-2H3. The van der Waals surface area contributed by atoms with Gasteiger partial charge in [-0.05, 0) is 37.1 Å². The van der Waals surface area contributed by atoms with Crippen molar-refractivity contribution in [2.45, 2.75) is 26.1 Å². The Hall–Kier alpha value is -1.58. The molecule has 1 heterocycles. The number of aliphatic hydroxyl groups excluding tert-OH is 1. The van der Waals surface area contributed by atoms with Gasteiger partial charge in [0.05, 0.1) is 23.1 Å². The molecular weight excluding hydrogens is 266 g/mol. The molecule has 1 fully saturated rings. The van der Waals surface area contributed by atoms with Gasteiger partial charge in [0, 0.05) is 0 Å². The average Bonchev–Trinajstić information content (AvgIpc) is 2.56. The van der Waals surface area contributed by atoms with Gasteiger partial charge in [0.1, 0.15) is 18.0 Å². The molecule has 1 saturated heterocycles. The Morgan fingerprint density at radius 2 is 1.89 bits per heavy atom. The van der Waals surface area contributed by atoms with Crippen molar-refractivity contribution < 1.29 is 18.3 Å². The summed E-state index contributed by atoms with van der Waals surface area (Å²) in [5, 5.41) is 18.6. The predicted molar refractivity (Wildman–Crippen MR) is 69.7 cm³/mol. The summed E-state index contributed by atoms with van der Waals surface area (Å²) in [7, 11) is -3.23. The number of hydrogen-bond donors (Lipinski definition) is 1. The first kappa shape index (κ1) is 13.8. The van der Waals surface area contributed by atoms with Crippen LogP contribution in [-0.4, -0.2) is 37.2 Å². The summed E-state index contributed by atoms with van der Waals surface area (Å²) in [6.45, 7) is 3.58. The molecule has 0 bridgehead atoms. The van der Waals surface area contributed by atoms with Gasteiger partial charge in [0.15, 0.2) is 9.84 Å². The van der Waals surface area contributed by atoms with E-state index in [4.69, 9.17) is 10.00 Å². The Morgan fingerprint density at radius 1 is 1.32 bits per heavy atom. The van der Waals surface area contributed by atoms with Crippen LogP contribution in [0.5, 0.6) is 5.75 Å². The van der Waals surface area contributed by atoms with E-state index in [0.29, 0.717) is 11.3 Å². The maximum absolute atomic E-state index is 11.4. The van der Waals surface area contributed by atoms with Gasteiger partial charge >= 0.3 is 0 Å². The molecule has 0 saturated carbocycles. The Bertz CT molecular complexity index is 622. The molecule has 0 aliphatic carbocycles. The Kier molecular flexibility index (Phi) is 3.52. The zero-order chi connectivity index (χ0) is 14.2. The summed E-state index contributed by atoms with van der Waals surface area (Å²) in [6, 6.07) is 5.41. The fourth-order valence-electron chi connectivity index (χ4n) is 2.26. The molecule has 6 heteroatoms. The van der Waals surface area contributed by atoms with Crippen molar-refractivity contribution in [1.29, 1.82) is 5.26 Å². The van der Waals surface area contributed by atoms with Crippen LogP contribution in [-0.2, 0) is 9.84 Å². The van der Waals surface area contributed by atoms with Gasteiger partial charge in [-0.2, -0.15) is 5.26 Å². The molecule has 1 aliphatic rings. The smallest absolute Gasteiger partial charge is 0.156 e. The van der Waals surface area contributed by atoms with Crippen molar-refractivity contribution in [2.75, 3.05) is 11.5 Å². The first-order valence-electron chi connectivity index (χ1n) is 5.89. The summed E-state index contributed by atoms with van der Waals surface area (Å²) >= 11 is 0. The van der Waals surface area contributed by atoms with E-state index in [1.807, 2.05) is 0 Å². The topological polar surface area (TPSA) is 87.4 Å². The lowest BCUT2D eigenvalue weighted by atomic mass is 10.1. The van der Waals surface area contributed by atoms with Crippen LogP contribution in [0, 0.1) is 25.2 Å². The molecular formula is C13H15NO4S. The molecule has 5 nitrogen and oxygen atoms in total. The van der Waals surface area contributed by atoms with E-state index in [2.05, 4.69) is 6.07 Å². The molecule has 0 amide bonds. The van der Waals surface area contributed by atoms with E-state index < -0.39 is 22.0 Å². The van der Waals surface area contributed by atoms with Gasteiger partial charge in [-0.3, -0.25) is 0 Å². The largest absolute Gasteiger partial charge is 0.486 e. The SMILES string of the molecule is Cc1cc(C#N)cc(C)c1OC1CS(=O)(=O)CC1O. The number of ether oxygens (including phenoxy) is 1. The maximum Gasteiger partial charge on any atom is 0.156 e. The minimum atomic E-state index is -3.23. The number of aryl methyl sites for hydroxylation is 2. The van der Waals surface area contributed by atoms with Crippen molar-refractivity contribution in [3.63, 3.8) is 0 Å². The fraction of sp³-hybridized carbons (Fsp3) is 0.462. The zero-order valence-electron chi connectivity index (χ0n) is 10.8. The maximum atomic E-state index is 11.4. The molecule has 0 spiro atoms.